The second-order valence-electron chi connectivity index (χ2n) is 5.86. The topological polar surface area (TPSA) is 78.9 Å². The lowest BCUT2D eigenvalue weighted by molar-refractivity contribution is 0.0697. The van der Waals surface area contributed by atoms with Gasteiger partial charge in [-0.3, -0.25) is 4.98 Å². The van der Waals surface area contributed by atoms with Gasteiger partial charge in [0.15, 0.2) is 0 Å². The number of nitrogens with zero attached hydrogens (tertiary/aromatic N) is 2. The van der Waals surface area contributed by atoms with Crippen LogP contribution in [0.15, 0.2) is 48.7 Å². The lowest BCUT2D eigenvalue weighted by atomic mass is 10.0. The van der Waals surface area contributed by atoms with Gasteiger partial charge < -0.3 is 10.1 Å². The number of rotatable bonds is 3. The van der Waals surface area contributed by atoms with Crippen molar-refractivity contribution < 1.29 is 9.90 Å². The second-order valence-corrected chi connectivity index (χ2v) is 5.86. The molecule has 0 amide bonds. The van der Waals surface area contributed by atoms with E-state index in [4.69, 9.17) is 0 Å². The van der Waals surface area contributed by atoms with Crippen molar-refractivity contribution in [3.8, 4) is 0 Å². The number of H-pyrrole nitrogens is 1. The number of carbonyl (C=O) groups is 1. The van der Waals surface area contributed by atoms with E-state index in [-0.39, 0.29) is 5.56 Å². The van der Waals surface area contributed by atoms with Crippen molar-refractivity contribution in [3.05, 3.63) is 71.3 Å². The summed E-state index contributed by atoms with van der Waals surface area (Å²) in [5.74, 6) is -0.183. The third kappa shape index (κ3) is 2.50. The number of pyridine rings is 1. The van der Waals surface area contributed by atoms with Crippen LogP contribution in [0.1, 0.15) is 27.4 Å². The Kier molecular flexibility index (Phi) is 3.27. The summed E-state index contributed by atoms with van der Waals surface area (Å²) >= 11 is 0. The summed E-state index contributed by atoms with van der Waals surface area (Å²) in [6.07, 6.45) is 2.38. The van der Waals surface area contributed by atoms with Crippen LogP contribution in [0, 0.1) is 6.92 Å². The van der Waals surface area contributed by atoms with Crippen molar-refractivity contribution in [1.82, 2.24) is 15.0 Å². The van der Waals surface area contributed by atoms with E-state index in [0.717, 1.165) is 38.9 Å². The highest BCUT2D eigenvalue weighted by molar-refractivity contribution is 5.94. The molecule has 0 fully saturated rings. The molecule has 4 aromatic rings. The zero-order valence-electron chi connectivity index (χ0n) is 13.1. The number of hydrogen-bond donors (Lipinski definition) is 2. The Balaban J connectivity index is 1.83. The molecule has 5 nitrogen and oxygen atoms in total. The van der Waals surface area contributed by atoms with Gasteiger partial charge in [0.05, 0.1) is 16.6 Å². The van der Waals surface area contributed by atoms with Crippen LogP contribution in [0.2, 0.25) is 0 Å². The molecule has 0 unspecified atom stereocenters. The first-order valence-electron chi connectivity index (χ1n) is 7.66. The van der Waals surface area contributed by atoms with Crippen molar-refractivity contribution >= 4 is 27.8 Å². The molecule has 0 aliphatic heterocycles. The average molecular weight is 317 g/mol. The number of imidazole rings is 1. The third-order valence-corrected chi connectivity index (χ3v) is 4.09. The van der Waals surface area contributed by atoms with Crippen LogP contribution in [0.25, 0.3) is 21.8 Å². The summed E-state index contributed by atoms with van der Waals surface area (Å²) in [4.78, 5) is 23.5. The monoisotopic (exact) mass is 317 g/mol. The molecule has 4 rings (SSSR count). The van der Waals surface area contributed by atoms with E-state index in [9.17, 15) is 9.90 Å². The number of aryl methyl sites for hydroxylation is 1. The van der Waals surface area contributed by atoms with Crippen molar-refractivity contribution in [3.63, 3.8) is 0 Å². The summed E-state index contributed by atoms with van der Waals surface area (Å²) in [5, 5.41) is 11.5. The first kappa shape index (κ1) is 14.4. The van der Waals surface area contributed by atoms with Crippen LogP contribution in [-0.2, 0) is 6.42 Å². The molecule has 0 atom stereocenters. The molecule has 5 heteroatoms. The molecular formula is C19H15N3O2. The summed E-state index contributed by atoms with van der Waals surface area (Å²) in [6.45, 7) is 1.86. The number of aromatic amines is 1. The fourth-order valence-corrected chi connectivity index (χ4v) is 2.99. The maximum atomic E-state index is 11.4. The van der Waals surface area contributed by atoms with Crippen LogP contribution in [0.5, 0.6) is 0 Å². The van der Waals surface area contributed by atoms with E-state index >= 15 is 0 Å². The highest BCUT2D eigenvalue weighted by atomic mass is 16.4. The van der Waals surface area contributed by atoms with Crippen LogP contribution in [0.4, 0.5) is 0 Å². The fourth-order valence-electron chi connectivity index (χ4n) is 2.99. The number of carboxylic acids is 1. The van der Waals surface area contributed by atoms with Crippen molar-refractivity contribution in [2.24, 2.45) is 0 Å². The van der Waals surface area contributed by atoms with Gasteiger partial charge in [-0.15, -0.1) is 0 Å². The molecule has 0 aliphatic rings. The average Bonchev–Trinajstić information content (AvgIpc) is 2.95. The molecule has 2 aromatic carbocycles. The van der Waals surface area contributed by atoms with Gasteiger partial charge in [0, 0.05) is 23.7 Å². The first-order valence-corrected chi connectivity index (χ1v) is 7.66. The van der Waals surface area contributed by atoms with Crippen LogP contribution in [-0.4, -0.2) is 26.0 Å². The minimum Gasteiger partial charge on any atom is -0.478 e. The van der Waals surface area contributed by atoms with Gasteiger partial charge in [0.25, 0.3) is 0 Å². The Morgan fingerprint density at radius 1 is 1.17 bits per heavy atom. The van der Waals surface area contributed by atoms with E-state index in [1.807, 2.05) is 43.5 Å². The fraction of sp³-hybridized carbons (Fsp3) is 0.105. The second kappa shape index (κ2) is 5.45. The maximum Gasteiger partial charge on any atom is 0.335 e. The standard InChI is InChI=1S/C19H15N3O2/c1-11-21-17-9-15(19(23)24)6-14(18(17)22-11)8-16-7-12-4-2-3-5-13(12)10-20-16/h2-7,9-10H,8H2,1H3,(H,21,22)(H,23,24). The van der Waals surface area contributed by atoms with Crippen LogP contribution < -0.4 is 0 Å². The number of nitrogens with one attached hydrogen (secondary N) is 1. The molecule has 118 valence electrons. The first-order chi connectivity index (χ1) is 11.6. The van der Waals surface area contributed by atoms with Crippen molar-refractivity contribution in [1.29, 1.82) is 0 Å². The Hall–Kier alpha value is -3.21. The minimum atomic E-state index is -0.947. The highest BCUT2D eigenvalue weighted by Gasteiger charge is 2.13. The highest BCUT2D eigenvalue weighted by Crippen LogP contribution is 2.23. The van der Waals surface area contributed by atoms with E-state index in [1.54, 1.807) is 12.1 Å². The number of fused-ring (bicyclic) bond motifs is 2. The Morgan fingerprint density at radius 3 is 2.75 bits per heavy atom. The molecule has 0 spiro atoms. The van der Waals surface area contributed by atoms with Gasteiger partial charge in [-0.25, -0.2) is 9.78 Å². The minimum absolute atomic E-state index is 0.252. The van der Waals surface area contributed by atoms with E-state index < -0.39 is 5.97 Å². The summed E-state index contributed by atoms with van der Waals surface area (Å²) in [5.41, 5.74) is 3.54. The molecule has 0 radical (unpaired) electrons. The molecule has 0 saturated heterocycles. The smallest absolute Gasteiger partial charge is 0.335 e. The van der Waals surface area contributed by atoms with Gasteiger partial charge in [0.2, 0.25) is 0 Å². The van der Waals surface area contributed by atoms with Gasteiger partial charge >= 0.3 is 5.97 Å². The lowest BCUT2D eigenvalue weighted by Crippen LogP contribution is -2.00. The third-order valence-electron chi connectivity index (χ3n) is 4.09. The SMILES string of the molecule is Cc1nc2c(Cc3cc4ccccc4cn3)cc(C(=O)O)cc2[nH]1. The van der Waals surface area contributed by atoms with E-state index in [2.05, 4.69) is 15.0 Å². The van der Waals surface area contributed by atoms with Crippen molar-refractivity contribution in [2.75, 3.05) is 0 Å². The maximum absolute atomic E-state index is 11.4. The van der Waals surface area contributed by atoms with Crippen molar-refractivity contribution in [2.45, 2.75) is 13.3 Å². The van der Waals surface area contributed by atoms with E-state index in [0.29, 0.717) is 6.42 Å². The van der Waals surface area contributed by atoms with Gasteiger partial charge in [0.1, 0.15) is 5.82 Å². The number of aromatic nitrogens is 3. The largest absolute Gasteiger partial charge is 0.478 e. The molecule has 2 aromatic heterocycles. The van der Waals surface area contributed by atoms with Gasteiger partial charge in [-0.1, -0.05) is 24.3 Å². The van der Waals surface area contributed by atoms with E-state index in [1.165, 1.54) is 0 Å². The van der Waals surface area contributed by atoms with Gasteiger partial charge in [-0.05, 0) is 36.1 Å². The molecule has 0 aliphatic carbocycles. The zero-order chi connectivity index (χ0) is 16.7. The molecule has 2 N–H and O–H groups in total. The summed E-state index contributed by atoms with van der Waals surface area (Å²) in [7, 11) is 0. The summed E-state index contributed by atoms with van der Waals surface area (Å²) < 4.78 is 0. The zero-order valence-corrected chi connectivity index (χ0v) is 13.1. The number of carboxylic acid groups (broad SMARTS) is 1. The number of aromatic carboxylic acids is 1. The molecule has 0 saturated carbocycles. The number of benzene rings is 2. The number of hydrogen-bond acceptors (Lipinski definition) is 3. The Morgan fingerprint density at radius 2 is 1.96 bits per heavy atom. The molecular weight excluding hydrogens is 302 g/mol. The Bertz CT molecular complexity index is 1080. The quantitative estimate of drug-likeness (QED) is 0.604. The lowest BCUT2D eigenvalue weighted by Gasteiger charge is -2.06. The van der Waals surface area contributed by atoms with Crippen LogP contribution >= 0.6 is 0 Å². The predicted molar refractivity (Wildman–Crippen MR) is 92.3 cm³/mol. The Labute approximate surface area is 138 Å². The van der Waals surface area contributed by atoms with Gasteiger partial charge in [-0.2, -0.15) is 0 Å². The molecule has 24 heavy (non-hydrogen) atoms. The van der Waals surface area contributed by atoms with Crippen LogP contribution in [0.3, 0.4) is 0 Å². The normalized spacial score (nSPS) is 11.2. The predicted octanol–water partition coefficient (Wildman–Crippen LogP) is 3.71. The summed E-state index contributed by atoms with van der Waals surface area (Å²) in [6, 6.07) is 13.4. The molecule has 0 bridgehead atoms. The molecule has 2 heterocycles.